The van der Waals surface area contributed by atoms with Crippen LogP contribution >= 0.6 is 0 Å². The van der Waals surface area contributed by atoms with Gasteiger partial charge in [-0.3, -0.25) is 0 Å². The first-order valence-electron chi connectivity index (χ1n) is 7.93. The Morgan fingerprint density at radius 1 is 1.10 bits per heavy atom. The normalized spacial score (nSPS) is 18.9. The molecule has 1 aromatic rings. The number of rotatable bonds is 6. The van der Waals surface area contributed by atoms with Crippen molar-refractivity contribution in [2.75, 3.05) is 26.3 Å². The molecule has 0 saturated carbocycles. The molecule has 2 rings (SSSR count). The quantitative estimate of drug-likeness (QED) is 0.863. The smallest absolute Gasteiger partial charge is 0.123 e. The van der Waals surface area contributed by atoms with E-state index in [0.717, 1.165) is 31.0 Å². The van der Waals surface area contributed by atoms with Crippen LogP contribution in [0, 0.1) is 0 Å². The van der Waals surface area contributed by atoms with Crippen molar-refractivity contribution in [3.8, 4) is 11.5 Å². The van der Waals surface area contributed by atoms with E-state index in [1.807, 2.05) is 13.8 Å². The Bertz CT molecular complexity index is 425. The van der Waals surface area contributed by atoms with E-state index >= 15 is 0 Å². The molecule has 1 aliphatic rings. The molecule has 112 valence electrons. The van der Waals surface area contributed by atoms with Crippen LogP contribution in [0.3, 0.4) is 0 Å². The second-order valence-electron chi connectivity index (χ2n) is 5.26. The van der Waals surface area contributed by atoms with Gasteiger partial charge < -0.3 is 14.8 Å². The Kier molecular flexibility index (Phi) is 5.72. The Hall–Kier alpha value is -1.22. The van der Waals surface area contributed by atoms with Crippen molar-refractivity contribution < 1.29 is 9.47 Å². The molecule has 0 spiro atoms. The number of ether oxygens (including phenoxy) is 2. The summed E-state index contributed by atoms with van der Waals surface area (Å²) in [7, 11) is 0. The first-order valence-corrected chi connectivity index (χ1v) is 7.93. The number of aryl methyl sites for hydroxylation is 1. The molecule has 1 aromatic carbocycles. The molecule has 0 amide bonds. The van der Waals surface area contributed by atoms with Crippen molar-refractivity contribution in [3.63, 3.8) is 0 Å². The molecule has 1 fully saturated rings. The molecule has 1 N–H and O–H groups in total. The highest BCUT2D eigenvalue weighted by atomic mass is 16.5. The Balaban J connectivity index is 2.36. The fourth-order valence-corrected chi connectivity index (χ4v) is 2.90. The minimum Gasteiger partial charge on any atom is -0.494 e. The maximum atomic E-state index is 5.88. The number of piperidine rings is 1. The molecular weight excluding hydrogens is 250 g/mol. The second-order valence-corrected chi connectivity index (χ2v) is 5.26. The highest BCUT2D eigenvalue weighted by molar-refractivity contribution is 5.48. The Labute approximate surface area is 122 Å². The fourth-order valence-electron chi connectivity index (χ4n) is 2.90. The van der Waals surface area contributed by atoms with Gasteiger partial charge in [-0.1, -0.05) is 6.92 Å². The van der Waals surface area contributed by atoms with Gasteiger partial charge in [-0.2, -0.15) is 0 Å². The molecule has 0 aromatic heterocycles. The molecule has 3 heteroatoms. The predicted octanol–water partition coefficient (Wildman–Crippen LogP) is 3.51. The van der Waals surface area contributed by atoms with Crippen molar-refractivity contribution in [1.29, 1.82) is 0 Å². The van der Waals surface area contributed by atoms with Gasteiger partial charge in [0.15, 0.2) is 0 Å². The van der Waals surface area contributed by atoms with Crippen LogP contribution in [-0.4, -0.2) is 26.3 Å². The first-order chi connectivity index (χ1) is 9.80. The SMILES string of the molecule is CCOc1cc(C2CCCNC2)c(OCC)cc1CC. The van der Waals surface area contributed by atoms with Gasteiger partial charge in [-0.25, -0.2) is 0 Å². The maximum Gasteiger partial charge on any atom is 0.123 e. The third-order valence-corrected chi connectivity index (χ3v) is 3.91. The summed E-state index contributed by atoms with van der Waals surface area (Å²) in [6.07, 6.45) is 3.43. The Morgan fingerprint density at radius 3 is 2.45 bits per heavy atom. The summed E-state index contributed by atoms with van der Waals surface area (Å²) in [6, 6.07) is 4.39. The van der Waals surface area contributed by atoms with E-state index in [-0.39, 0.29) is 0 Å². The number of benzene rings is 1. The molecule has 1 atom stereocenters. The lowest BCUT2D eigenvalue weighted by Gasteiger charge is -2.26. The summed E-state index contributed by atoms with van der Waals surface area (Å²) in [5.41, 5.74) is 2.54. The summed E-state index contributed by atoms with van der Waals surface area (Å²) < 4.78 is 11.7. The van der Waals surface area contributed by atoms with Crippen LogP contribution in [0.25, 0.3) is 0 Å². The highest BCUT2D eigenvalue weighted by Gasteiger charge is 2.21. The van der Waals surface area contributed by atoms with Crippen molar-refractivity contribution in [2.24, 2.45) is 0 Å². The summed E-state index contributed by atoms with van der Waals surface area (Å²) >= 11 is 0. The van der Waals surface area contributed by atoms with Gasteiger partial charge in [0.1, 0.15) is 11.5 Å². The van der Waals surface area contributed by atoms with Crippen LogP contribution in [0.2, 0.25) is 0 Å². The fraction of sp³-hybridized carbons (Fsp3) is 0.647. The third-order valence-electron chi connectivity index (χ3n) is 3.91. The van der Waals surface area contributed by atoms with Crippen LogP contribution in [0.1, 0.15) is 50.7 Å². The van der Waals surface area contributed by atoms with Gasteiger partial charge in [-0.15, -0.1) is 0 Å². The molecule has 1 aliphatic heterocycles. The number of hydrogen-bond acceptors (Lipinski definition) is 3. The third kappa shape index (κ3) is 3.45. The van der Waals surface area contributed by atoms with Crippen LogP contribution < -0.4 is 14.8 Å². The second kappa shape index (κ2) is 7.53. The summed E-state index contributed by atoms with van der Waals surface area (Å²) in [4.78, 5) is 0. The highest BCUT2D eigenvalue weighted by Crippen LogP contribution is 2.36. The molecule has 0 bridgehead atoms. The van der Waals surface area contributed by atoms with Gasteiger partial charge in [-0.05, 0) is 57.4 Å². The van der Waals surface area contributed by atoms with Crippen LogP contribution in [0.4, 0.5) is 0 Å². The topological polar surface area (TPSA) is 30.5 Å². The molecule has 1 unspecified atom stereocenters. The average molecular weight is 277 g/mol. The molecule has 20 heavy (non-hydrogen) atoms. The molecule has 0 aliphatic carbocycles. The monoisotopic (exact) mass is 277 g/mol. The number of hydrogen-bond donors (Lipinski definition) is 1. The molecular formula is C17H27NO2. The Morgan fingerprint density at radius 2 is 1.85 bits per heavy atom. The number of nitrogens with one attached hydrogen (secondary N) is 1. The van der Waals surface area contributed by atoms with Crippen LogP contribution in [0.5, 0.6) is 11.5 Å². The van der Waals surface area contributed by atoms with Crippen molar-refractivity contribution >= 4 is 0 Å². The van der Waals surface area contributed by atoms with E-state index < -0.39 is 0 Å². The zero-order valence-electron chi connectivity index (χ0n) is 13.0. The van der Waals surface area contributed by atoms with Crippen molar-refractivity contribution in [1.82, 2.24) is 5.32 Å². The predicted molar refractivity (Wildman–Crippen MR) is 83.0 cm³/mol. The summed E-state index contributed by atoms with van der Waals surface area (Å²) in [6.45, 7) is 9.84. The lowest BCUT2D eigenvalue weighted by molar-refractivity contribution is 0.319. The lowest BCUT2D eigenvalue weighted by Crippen LogP contribution is -2.28. The van der Waals surface area contributed by atoms with Gasteiger partial charge in [0.05, 0.1) is 13.2 Å². The molecule has 1 saturated heterocycles. The summed E-state index contributed by atoms with van der Waals surface area (Å²) in [5.74, 6) is 2.61. The van der Waals surface area contributed by atoms with Gasteiger partial charge in [0, 0.05) is 18.0 Å². The molecule has 0 radical (unpaired) electrons. The van der Waals surface area contributed by atoms with Gasteiger partial charge in [0.2, 0.25) is 0 Å². The minimum absolute atomic E-state index is 0.537. The van der Waals surface area contributed by atoms with E-state index in [0.29, 0.717) is 19.1 Å². The van der Waals surface area contributed by atoms with E-state index in [2.05, 4.69) is 24.4 Å². The zero-order valence-corrected chi connectivity index (χ0v) is 13.0. The van der Waals surface area contributed by atoms with Crippen LogP contribution in [-0.2, 0) is 6.42 Å². The lowest BCUT2D eigenvalue weighted by atomic mass is 9.89. The maximum absolute atomic E-state index is 5.88. The zero-order chi connectivity index (χ0) is 14.4. The van der Waals surface area contributed by atoms with E-state index in [1.165, 1.54) is 24.0 Å². The van der Waals surface area contributed by atoms with Gasteiger partial charge in [0.25, 0.3) is 0 Å². The molecule has 3 nitrogen and oxygen atoms in total. The standard InChI is InChI=1S/C17H27NO2/c1-4-13-10-17(20-6-3)15(11-16(13)19-5-2)14-8-7-9-18-12-14/h10-11,14,18H,4-9,12H2,1-3H3. The van der Waals surface area contributed by atoms with Crippen LogP contribution in [0.15, 0.2) is 12.1 Å². The largest absolute Gasteiger partial charge is 0.494 e. The van der Waals surface area contributed by atoms with Crippen molar-refractivity contribution in [3.05, 3.63) is 23.3 Å². The molecule has 1 heterocycles. The van der Waals surface area contributed by atoms with Gasteiger partial charge >= 0.3 is 0 Å². The summed E-state index contributed by atoms with van der Waals surface area (Å²) in [5, 5.41) is 3.49. The van der Waals surface area contributed by atoms with Crippen molar-refractivity contribution in [2.45, 2.75) is 46.0 Å². The average Bonchev–Trinajstić information content (AvgIpc) is 2.49. The van der Waals surface area contributed by atoms with E-state index in [9.17, 15) is 0 Å². The minimum atomic E-state index is 0.537. The van der Waals surface area contributed by atoms with E-state index in [4.69, 9.17) is 9.47 Å². The van der Waals surface area contributed by atoms with E-state index in [1.54, 1.807) is 0 Å². The first kappa shape index (κ1) is 15.2.